The van der Waals surface area contributed by atoms with Gasteiger partial charge in [-0.3, -0.25) is 0 Å². The van der Waals surface area contributed by atoms with Gasteiger partial charge in [0.05, 0.1) is 6.61 Å². The van der Waals surface area contributed by atoms with Crippen molar-refractivity contribution >= 4 is 0 Å². The Labute approximate surface area is 119 Å². The van der Waals surface area contributed by atoms with Crippen molar-refractivity contribution in [1.29, 1.82) is 0 Å². The molecule has 0 aromatic rings. The smallest absolute Gasteiger partial charge is 0.186 e. The van der Waals surface area contributed by atoms with Gasteiger partial charge in [0.25, 0.3) is 0 Å². The van der Waals surface area contributed by atoms with Gasteiger partial charge in [0, 0.05) is 6.61 Å². The van der Waals surface area contributed by atoms with Crippen molar-refractivity contribution in [2.75, 3.05) is 19.8 Å². The molecule has 6 N–H and O–H groups in total. The SMILES string of the molecule is NCCCCCCCO[C@@H]1O[C@H](CO)[C@H](O)[C@H](O)[C@H]1O. The molecule has 0 aromatic heterocycles. The van der Waals surface area contributed by atoms with E-state index in [4.69, 9.17) is 20.3 Å². The zero-order valence-corrected chi connectivity index (χ0v) is 11.7. The monoisotopic (exact) mass is 293 g/mol. The van der Waals surface area contributed by atoms with Crippen molar-refractivity contribution in [3.8, 4) is 0 Å². The van der Waals surface area contributed by atoms with Gasteiger partial charge in [-0.25, -0.2) is 0 Å². The number of hydrogen-bond acceptors (Lipinski definition) is 7. The second kappa shape index (κ2) is 9.62. The van der Waals surface area contributed by atoms with Crippen molar-refractivity contribution in [2.24, 2.45) is 5.73 Å². The number of unbranched alkanes of at least 4 members (excludes halogenated alkanes) is 4. The lowest BCUT2D eigenvalue weighted by Gasteiger charge is -2.39. The van der Waals surface area contributed by atoms with Gasteiger partial charge in [0.2, 0.25) is 0 Å². The van der Waals surface area contributed by atoms with Crippen molar-refractivity contribution in [3.63, 3.8) is 0 Å². The predicted octanol–water partition coefficient (Wildman–Crippen LogP) is -1.29. The molecular formula is C13H27NO6. The molecule has 1 aliphatic heterocycles. The van der Waals surface area contributed by atoms with Crippen LogP contribution in [-0.2, 0) is 9.47 Å². The molecule has 0 aromatic carbocycles. The molecule has 7 heteroatoms. The summed E-state index contributed by atoms with van der Waals surface area (Å²) in [5, 5.41) is 38.0. The van der Waals surface area contributed by atoms with Gasteiger partial charge in [-0.05, 0) is 19.4 Å². The Hall–Kier alpha value is -0.280. The lowest BCUT2D eigenvalue weighted by atomic mass is 9.99. The predicted molar refractivity (Wildman–Crippen MR) is 71.9 cm³/mol. The molecule has 0 spiro atoms. The van der Waals surface area contributed by atoms with Gasteiger partial charge in [0.15, 0.2) is 6.29 Å². The summed E-state index contributed by atoms with van der Waals surface area (Å²) in [6, 6.07) is 0. The van der Waals surface area contributed by atoms with Crippen LogP contribution in [0.15, 0.2) is 0 Å². The van der Waals surface area contributed by atoms with Gasteiger partial charge >= 0.3 is 0 Å². The third-order valence-corrected chi connectivity index (χ3v) is 3.48. The maximum Gasteiger partial charge on any atom is 0.186 e. The minimum Gasteiger partial charge on any atom is -0.394 e. The summed E-state index contributed by atoms with van der Waals surface area (Å²) < 4.78 is 10.6. The molecule has 1 heterocycles. The zero-order chi connectivity index (χ0) is 15.0. The number of ether oxygens (including phenoxy) is 2. The average molecular weight is 293 g/mol. The summed E-state index contributed by atoms with van der Waals surface area (Å²) in [4.78, 5) is 0. The minimum atomic E-state index is -1.38. The van der Waals surface area contributed by atoms with Crippen molar-refractivity contribution in [1.82, 2.24) is 0 Å². The van der Waals surface area contributed by atoms with E-state index >= 15 is 0 Å². The van der Waals surface area contributed by atoms with Gasteiger partial charge < -0.3 is 35.6 Å². The van der Waals surface area contributed by atoms with E-state index in [0.29, 0.717) is 13.2 Å². The highest BCUT2D eigenvalue weighted by Crippen LogP contribution is 2.22. The number of aliphatic hydroxyl groups is 4. The molecule has 0 radical (unpaired) electrons. The van der Waals surface area contributed by atoms with Crippen LogP contribution in [0.3, 0.4) is 0 Å². The molecule has 1 rings (SSSR count). The first-order valence-electron chi connectivity index (χ1n) is 7.24. The van der Waals surface area contributed by atoms with Gasteiger partial charge in [-0.2, -0.15) is 0 Å². The summed E-state index contributed by atoms with van der Waals surface area (Å²) in [6.45, 7) is 0.663. The molecule has 0 unspecified atom stereocenters. The summed E-state index contributed by atoms with van der Waals surface area (Å²) in [5.41, 5.74) is 5.40. The molecule has 1 aliphatic rings. The Morgan fingerprint density at radius 2 is 1.55 bits per heavy atom. The van der Waals surface area contributed by atoms with Crippen molar-refractivity contribution in [2.45, 2.75) is 62.8 Å². The van der Waals surface area contributed by atoms with Gasteiger partial charge in [-0.1, -0.05) is 19.3 Å². The fourth-order valence-electron chi connectivity index (χ4n) is 2.18. The molecule has 120 valence electrons. The lowest BCUT2D eigenvalue weighted by molar-refractivity contribution is -0.301. The fraction of sp³-hybridized carbons (Fsp3) is 1.00. The van der Waals surface area contributed by atoms with Crippen LogP contribution in [0.5, 0.6) is 0 Å². The van der Waals surface area contributed by atoms with Crippen LogP contribution in [0, 0.1) is 0 Å². The average Bonchev–Trinajstić information content (AvgIpc) is 2.46. The number of rotatable bonds is 9. The highest BCUT2D eigenvalue weighted by Gasteiger charge is 2.43. The first kappa shape index (κ1) is 17.8. The van der Waals surface area contributed by atoms with Crippen LogP contribution in [0.1, 0.15) is 32.1 Å². The topological polar surface area (TPSA) is 125 Å². The van der Waals surface area contributed by atoms with Crippen LogP contribution < -0.4 is 5.73 Å². The molecule has 1 saturated heterocycles. The first-order valence-corrected chi connectivity index (χ1v) is 7.24. The molecule has 0 bridgehead atoms. The highest BCUT2D eigenvalue weighted by molar-refractivity contribution is 4.88. The van der Waals surface area contributed by atoms with E-state index < -0.39 is 37.3 Å². The second-order valence-corrected chi connectivity index (χ2v) is 5.12. The summed E-state index contributed by atoms with van der Waals surface area (Å²) in [6.07, 6.45) is -0.958. The van der Waals surface area contributed by atoms with E-state index in [1.54, 1.807) is 0 Å². The van der Waals surface area contributed by atoms with Crippen molar-refractivity contribution < 1.29 is 29.9 Å². The minimum absolute atomic E-state index is 0.394. The molecule has 0 amide bonds. The van der Waals surface area contributed by atoms with Crippen LogP contribution in [0.25, 0.3) is 0 Å². The van der Waals surface area contributed by atoms with E-state index in [1.807, 2.05) is 0 Å². The number of aliphatic hydroxyl groups excluding tert-OH is 4. The van der Waals surface area contributed by atoms with Crippen LogP contribution in [-0.4, -0.2) is 70.9 Å². The summed E-state index contributed by atoms with van der Waals surface area (Å²) in [7, 11) is 0. The van der Waals surface area contributed by atoms with Crippen LogP contribution in [0.4, 0.5) is 0 Å². The highest BCUT2D eigenvalue weighted by atomic mass is 16.7. The lowest BCUT2D eigenvalue weighted by Crippen LogP contribution is -2.59. The third kappa shape index (κ3) is 5.25. The quantitative estimate of drug-likeness (QED) is 0.335. The number of hydrogen-bond donors (Lipinski definition) is 5. The summed E-state index contributed by atoms with van der Waals surface area (Å²) in [5.74, 6) is 0. The molecule has 0 aliphatic carbocycles. The Kier molecular flexibility index (Phi) is 8.55. The maximum atomic E-state index is 9.74. The normalized spacial score (nSPS) is 34.4. The van der Waals surface area contributed by atoms with Crippen molar-refractivity contribution in [3.05, 3.63) is 0 Å². The van der Waals surface area contributed by atoms with E-state index in [-0.39, 0.29) is 0 Å². The third-order valence-electron chi connectivity index (χ3n) is 3.48. The molecule has 7 nitrogen and oxygen atoms in total. The largest absolute Gasteiger partial charge is 0.394 e. The molecule has 1 fully saturated rings. The Morgan fingerprint density at radius 1 is 0.900 bits per heavy atom. The standard InChI is InChI=1S/C13H27NO6/c14-6-4-2-1-3-5-7-19-13-12(18)11(17)10(16)9(8-15)20-13/h9-13,15-18H,1-8,14H2/t9-,10+,11+,12-,13-/m1/s1. The van der Waals surface area contributed by atoms with E-state index in [9.17, 15) is 15.3 Å². The molecule has 20 heavy (non-hydrogen) atoms. The first-order chi connectivity index (χ1) is 9.61. The van der Waals surface area contributed by atoms with E-state index in [2.05, 4.69) is 0 Å². The fourth-order valence-corrected chi connectivity index (χ4v) is 2.18. The zero-order valence-electron chi connectivity index (χ0n) is 11.7. The van der Waals surface area contributed by atoms with Gasteiger partial charge in [-0.15, -0.1) is 0 Å². The Morgan fingerprint density at radius 3 is 2.20 bits per heavy atom. The Bertz CT molecular complexity index is 253. The molecule has 5 atom stereocenters. The second-order valence-electron chi connectivity index (χ2n) is 5.12. The van der Waals surface area contributed by atoms with E-state index in [0.717, 1.165) is 32.1 Å². The maximum absolute atomic E-state index is 9.74. The van der Waals surface area contributed by atoms with Crippen LogP contribution >= 0.6 is 0 Å². The van der Waals surface area contributed by atoms with Gasteiger partial charge in [0.1, 0.15) is 24.4 Å². The van der Waals surface area contributed by atoms with E-state index in [1.165, 1.54) is 0 Å². The molecular weight excluding hydrogens is 266 g/mol. The Balaban J connectivity index is 2.21. The molecule has 0 saturated carbocycles. The van der Waals surface area contributed by atoms with Crippen LogP contribution in [0.2, 0.25) is 0 Å². The number of nitrogens with two attached hydrogens (primary N) is 1. The summed E-state index contributed by atoms with van der Waals surface area (Å²) >= 11 is 0.